The number of hydrogen-bond acceptors (Lipinski definition) is 4. The topological polar surface area (TPSA) is 82.2 Å². The van der Waals surface area contributed by atoms with E-state index in [0.29, 0.717) is 6.42 Å². The lowest BCUT2D eigenvalue weighted by molar-refractivity contribution is -0.128. The average molecular weight is 212 g/mol. The van der Waals surface area contributed by atoms with Gasteiger partial charge in [-0.15, -0.1) is 0 Å². The molecule has 15 heavy (non-hydrogen) atoms. The maximum atomic E-state index is 11.5. The summed E-state index contributed by atoms with van der Waals surface area (Å²) in [5, 5.41) is 8.60. The molecule has 0 aliphatic rings. The summed E-state index contributed by atoms with van der Waals surface area (Å²) in [6, 6.07) is 1.84. The molecule has 0 aliphatic carbocycles. The Labute approximate surface area is 91.2 Å². The Bertz CT molecular complexity index is 246. The van der Waals surface area contributed by atoms with Gasteiger partial charge in [0.1, 0.15) is 0 Å². The van der Waals surface area contributed by atoms with Crippen molar-refractivity contribution < 1.29 is 4.79 Å². The number of likely N-dealkylation sites (N-methyl/N-ethyl adjacent to an activating group) is 1. The zero-order valence-corrected chi connectivity index (χ0v) is 9.82. The fourth-order valence-corrected chi connectivity index (χ4v) is 1.59. The number of nitrogens with zero attached hydrogens (tertiary/aromatic N) is 2. The highest BCUT2D eigenvalue weighted by Gasteiger charge is 2.28. The Morgan fingerprint density at radius 2 is 2.07 bits per heavy atom. The van der Waals surface area contributed by atoms with Crippen LogP contribution in [0.15, 0.2) is 0 Å². The van der Waals surface area contributed by atoms with Gasteiger partial charge in [-0.3, -0.25) is 15.1 Å². The van der Waals surface area contributed by atoms with Gasteiger partial charge in [-0.25, -0.2) is 5.84 Å². The largest absolute Gasteiger partial charge is 0.293 e. The van der Waals surface area contributed by atoms with Crippen molar-refractivity contribution in [1.82, 2.24) is 10.3 Å². The maximum Gasteiger partial charge on any atom is 0.251 e. The molecular formula is C10H20N4O. The van der Waals surface area contributed by atoms with Crippen molar-refractivity contribution in [3.63, 3.8) is 0 Å². The van der Waals surface area contributed by atoms with Crippen molar-refractivity contribution in [1.29, 1.82) is 5.26 Å². The summed E-state index contributed by atoms with van der Waals surface area (Å²) in [7, 11) is 1.84. The zero-order chi connectivity index (χ0) is 12.0. The first-order chi connectivity index (χ1) is 6.95. The van der Waals surface area contributed by atoms with Gasteiger partial charge in [0.15, 0.2) is 0 Å². The van der Waals surface area contributed by atoms with Gasteiger partial charge in [0.25, 0.3) is 5.91 Å². The third-order valence-electron chi connectivity index (χ3n) is 2.56. The van der Waals surface area contributed by atoms with E-state index in [2.05, 4.69) is 11.5 Å². The number of nitrogens with one attached hydrogen (secondary N) is 1. The molecule has 0 aromatic carbocycles. The molecule has 3 N–H and O–H groups in total. The number of carbonyl (C=O) groups excluding carboxylic acids is 1. The Morgan fingerprint density at radius 1 is 1.53 bits per heavy atom. The highest BCUT2D eigenvalue weighted by atomic mass is 16.2. The van der Waals surface area contributed by atoms with E-state index in [4.69, 9.17) is 11.1 Å². The average Bonchev–Trinajstić information content (AvgIpc) is 2.17. The summed E-state index contributed by atoms with van der Waals surface area (Å²) in [6.07, 6.45) is 0.400. The smallest absolute Gasteiger partial charge is 0.251 e. The zero-order valence-electron chi connectivity index (χ0n) is 9.82. The Balaban J connectivity index is 4.63. The SMILES string of the molecule is CC(C)C(C(=O)NN)N(C)C(C)CC#N. The second-order valence-electron chi connectivity index (χ2n) is 4.07. The first kappa shape index (κ1) is 13.9. The lowest BCUT2D eigenvalue weighted by Crippen LogP contribution is -2.52. The van der Waals surface area contributed by atoms with Crippen LogP contribution in [-0.4, -0.2) is 29.9 Å². The van der Waals surface area contributed by atoms with E-state index in [9.17, 15) is 4.79 Å². The number of amides is 1. The van der Waals surface area contributed by atoms with Crippen molar-refractivity contribution in [3.8, 4) is 6.07 Å². The third kappa shape index (κ3) is 3.86. The highest BCUT2D eigenvalue weighted by molar-refractivity contribution is 5.81. The minimum atomic E-state index is -0.293. The van der Waals surface area contributed by atoms with E-state index < -0.39 is 0 Å². The summed E-state index contributed by atoms with van der Waals surface area (Å²) in [5.41, 5.74) is 2.16. The molecular weight excluding hydrogens is 192 g/mol. The monoisotopic (exact) mass is 212 g/mol. The molecule has 0 radical (unpaired) electrons. The minimum absolute atomic E-state index is 0.0414. The van der Waals surface area contributed by atoms with Gasteiger partial charge in [-0.1, -0.05) is 13.8 Å². The van der Waals surface area contributed by atoms with Crippen LogP contribution < -0.4 is 11.3 Å². The summed E-state index contributed by atoms with van der Waals surface area (Å²) < 4.78 is 0. The maximum absolute atomic E-state index is 11.5. The molecule has 2 unspecified atom stereocenters. The van der Waals surface area contributed by atoms with Gasteiger partial charge < -0.3 is 0 Å². The number of rotatable bonds is 5. The highest BCUT2D eigenvalue weighted by Crippen LogP contribution is 2.13. The minimum Gasteiger partial charge on any atom is -0.293 e. The molecule has 0 fully saturated rings. The molecule has 5 heteroatoms. The van der Waals surface area contributed by atoms with E-state index in [-0.39, 0.29) is 23.9 Å². The van der Waals surface area contributed by atoms with Crippen molar-refractivity contribution in [2.45, 2.75) is 39.3 Å². The summed E-state index contributed by atoms with van der Waals surface area (Å²) >= 11 is 0. The quantitative estimate of drug-likeness (QED) is 0.388. The van der Waals surface area contributed by atoms with Crippen molar-refractivity contribution >= 4 is 5.91 Å². The molecule has 5 nitrogen and oxygen atoms in total. The third-order valence-corrected chi connectivity index (χ3v) is 2.56. The molecule has 0 rings (SSSR count). The molecule has 0 spiro atoms. The number of carbonyl (C=O) groups is 1. The van der Waals surface area contributed by atoms with Crippen LogP contribution >= 0.6 is 0 Å². The molecule has 0 aromatic heterocycles. The summed E-state index contributed by atoms with van der Waals surface area (Å²) in [5.74, 6) is 5.07. The molecule has 1 amide bonds. The molecule has 0 bridgehead atoms. The predicted molar refractivity (Wildman–Crippen MR) is 58.4 cm³/mol. The van der Waals surface area contributed by atoms with Crippen molar-refractivity contribution in [2.75, 3.05) is 7.05 Å². The van der Waals surface area contributed by atoms with Gasteiger partial charge in [0, 0.05) is 6.04 Å². The normalized spacial score (nSPS) is 14.8. The van der Waals surface area contributed by atoms with Crippen LogP contribution in [0.3, 0.4) is 0 Å². The van der Waals surface area contributed by atoms with Crippen molar-refractivity contribution in [2.24, 2.45) is 11.8 Å². The van der Waals surface area contributed by atoms with E-state index in [1.165, 1.54) is 0 Å². The van der Waals surface area contributed by atoms with Gasteiger partial charge in [-0.05, 0) is 19.9 Å². The molecule has 0 aliphatic heterocycles. The second-order valence-corrected chi connectivity index (χ2v) is 4.07. The first-order valence-corrected chi connectivity index (χ1v) is 5.05. The second kappa shape index (κ2) is 6.38. The fraction of sp³-hybridized carbons (Fsp3) is 0.800. The predicted octanol–water partition coefficient (Wildman–Crippen LogP) is 0.235. The van der Waals surface area contributed by atoms with Crippen LogP contribution in [0.1, 0.15) is 27.2 Å². The van der Waals surface area contributed by atoms with Crippen molar-refractivity contribution in [3.05, 3.63) is 0 Å². The summed E-state index contributed by atoms with van der Waals surface area (Å²) in [6.45, 7) is 5.83. The van der Waals surface area contributed by atoms with Gasteiger partial charge in [0.05, 0.1) is 18.5 Å². The molecule has 2 atom stereocenters. The Kier molecular flexibility index (Phi) is 5.90. The Morgan fingerprint density at radius 3 is 2.40 bits per heavy atom. The molecule has 0 saturated carbocycles. The van der Waals surface area contributed by atoms with Gasteiger partial charge in [0.2, 0.25) is 0 Å². The molecule has 86 valence electrons. The van der Waals surface area contributed by atoms with E-state index in [0.717, 1.165) is 0 Å². The van der Waals surface area contributed by atoms with Crippen LogP contribution in [-0.2, 0) is 4.79 Å². The van der Waals surface area contributed by atoms with E-state index in [1.54, 1.807) is 0 Å². The number of nitrogens with two attached hydrogens (primary N) is 1. The molecule has 0 aromatic rings. The number of hydrazine groups is 1. The Hall–Kier alpha value is -1.12. The molecule has 0 heterocycles. The van der Waals surface area contributed by atoms with Gasteiger partial charge in [-0.2, -0.15) is 5.26 Å². The number of hydrogen-bond donors (Lipinski definition) is 2. The lowest BCUT2D eigenvalue weighted by Gasteiger charge is -2.33. The first-order valence-electron chi connectivity index (χ1n) is 5.05. The van der Waals surface area contributed by atoms with Crippen LogP contribution in [0.2, 0.25) is 0 Å². The van der Waals surface area contributed by atoms with Crippen LogP contribution in [0.5, 0.6) is 0 Å². The summed E-state index contributed by atoms with van der Waals surface area (Å²) in [4.78, 5) is 13.4. The lowest BCUT2D eigenvalue weighted by atomic mass is 10.00. The number of nitriles is 1. The molecule has 0 saturated heterocycles. The fourth-order valence-electron chi connectivity index (χ4n) is 1.59. The van der Waals surface area contributed by atoms with E-state index >= 15 is 0 Å². The standard InChI is InChI=1S/C10H20N4O/c1-7(2)9(10(15)13-12)14(4)8(3)5-6-11/h7-9H,5,12H2,1-4H3,(H,13,15). The van der Waals surface area contributed by atoms with Crippen LogP contribution in [0.4, 0.5) is 0 Å². The van der Waals surface area contributed by atoms with Crippen LogP contribution in [0.25, 0.3) is 0 Å². The van der Waals surface area contributed by atoms with Gasteiger partial charge >= 0.3 is 0 Å². The van der Waals surface area contributed by atoms with E-state index in [1.807, 2.05) is 32.7 Å². The van der Waals surface area contributed by atoms with Crippen LogP contribution in [0, 0.1) is 17.2 Å².